The molecule has 5 heteroatoms. The molecule has 1 aromatic carbocycles. The molecule has 2 rings (SSSR count). The van der Waals surface area contributed by atoms with Crippen molar-refractivity contribution in [3.05, 3.63) is 35.7 Å². The molecule has 0 fully saturated rings. The molecule has 0 radical (unpaired) electrons. The van der Waals surface area contributed by atoms with E-state index in [0.717, 1.165) is 11.1 Å². The fraction of sp³-hybridized carbons (Fsp3) is 0.231. The highest BCUT2D eigenvalue weighted by molar-refractivity contribution is 5.48. The number of hydrogen-bond donors (Lipinski definition) is 1. The molecule has 0 aliphatic heterocycles. The molecule has 0 amide bonds. The van der Waals surface area contributed by atoms with Gasteiger partial charge in [0.05, 0.1) is 12.7 Å². The molecule has 1 heterocycles. The van der Waals surface area contributed by atoms with Crippen LogP contribution < -0.4 is 15.2 Å². The molecule has 18 heavy (non-hydrogen) atoms. The largest absolute Gasteiger partial charge is 0.481 e. The average Bonchev–Trinajstić information content (AvgIpc) is 2.35. The first-order valence-corrected chi connectivity index (χ1v) is 5.51. The number of benzene rings is 1. The van der Waals surface area contributed by atoms with E-state index in [-0.39, 0.29) is 0 Å². The summed E-state index contributed by atoms with van der Waals surface area (Å²) in [4.78, 5) is 8.10. The minimum absolute atomic E-state index is 0.481. The summed E-state index contributed by atoms with van der Waals surface area (Å²) in [5, 5.41) is 0. The van der Waals surface area contributed by atoms with Gasteiger partial charge in [-0.05, 0) is 37.6 Å². The summed E-state index contributed by atoms with van der Waals surface area (Å²) >= 11 is 0. The van der Waals surface area contributed by atoms with Gasteiger partial charge in [0.2, 0.25) is 11.8 Å². The third-order valence-electron chi connectivity index (χ3n) is 2.59. The molecule has 2 aromatic rings. The molecule has 0 bridgehead atoms. The van der Waals surface area contributed by atoms with Gasteiger partial charge in [-0.1, -0.05) is 0 Å². The number of ether oxygens (including phenoxy) is 2. The Balaban J connectivity index is 2.34. The van der Waals surface area contributed by atoms with Gasteiger partial charge < -0.3 is 15.2 Å². The Kier molecular flexibility index (Phi) is 3.32. The second-order valence-electron chi connectivity index (χ2n) is 3.94. The van der Waals surface area contributed by atoms with Crippen molar-refractivity contribution in [2.24, 2.45) is 0 Å². The van der Waals surface area contributed by atoms with Crippen LogP contribution >= 0.6 is 0 Å². The van der Waals surface area contributed by atoms with Crippen LogP contribution in [0.1, 0.15) is 11.1 Å². The zero-order chi connectivity index (χ0) is 13.1. The minimum atomic E-state index is 0.481. The summed E-state index contributed by atoms with van der Waals surface area (Å²) in [6.45, 7) is 3.78. The third kappa shape index (κ3) is 2.34. The van der Waals surface area contributed by atoms with E-state index in [9.17, 15) is 0 Å². The number of aryl methyl sites for hydroxylation is 1. The van der Waals surface area contributed by atoms with E-state index < -0.39 is 0 Å². The summed E-state index contributed by atoms with van der Waals surface area (Å²) in [6, 6.07) is 5.46. The van der Waals surface area contributed by atoms with Crippen LogP contribution in [0.3, 0.4) is 0 Å². The number of nitrogens with two attached hydrogens (primary N) is 1. The van der Waals surface area contributed by atoms with Crippen molar-refractivity contribution in [3.8, 4) is 17.5 Å². The average molecular weight is 245 g/mol. The quantitative estimate of drug-likeness (QED) is 0.841. The highest BCUT2D eigenvalue weighted by Crippen LogP contribution is 2.29. The van der Waals surface area contributed by atoms with Crippen molar-refractivity contribution in [3.63, 3.8) is 0 Å². The number of rotatable bonds is 3. The van der Waals surface area contributed by atoms with Crippen molar-refractivity contribution < 1.29 is 9.47 Å². The monoisotopic (exact) mass is 245 g/mol. The van der Waals surface area contributed by atoms with Crippen molar-refractivity contribution >= 4 is 5.69 Å². The van der Waals surface area contributed by atoms with E-state index in [1.165, 1.54) is 6.33 Å². The molecular weight excluding hydrogens is 230 g/mol. The number of hydrogen-bond acceptors (Lipinski definition) is 5. The molecule has 0 saturated carbocycles. The third-order valence-corrected chi connectivity index (χ3v) is 2.59. The van der Waals surface area contributed by atoms with Gasteiger partial charge >= 0.3 is 0 Å². The van der Waals surface area contributed by atoms with E-state index >= 15 is 0 Å². The van der Waals surface area contributed by atoms with E-state index in [1.54, 1.807) is 13.2 Å². The Morgan fingerprint density at radius 2 is 1.83 bits per heavy atom. The highest BCUT2D eigenvalue weighted by Gasteiger charge is 2.10. The minimum Gasteiger partial charge on any atom is -0.481 e. The smallest absolute Gasteiger partial charge is 0.229 e. The molecule has 94 valence electrons. The van der Waals surface area contributed by atoms with Gasteiger partial charge in [-0.2, -0.15) is 0 Å². The van der Waals surface area contributed by atoms with Gasteiger partial charge in [0, 0.05) is 5.69 Å². The number of aromatic nitrogens is 2. The van der Waals surface area contributed by atoms with Gasteiger partial charge in [0.1, 0.15) is 12.1 Å². The molecular formula is C13H15N3O2. The Morgan fingerprint density at radius 1 is 1.11 bits per heavy atom. The summed E-state index contributed by atoms with van der Waals surface area (Å²) in [5.74, 6) is 1.70. The maximum absolute atomic E-state index is 5.75. The van der Waals surface area contributed by atoms with E-state index in [4.69, 9.17) is 15.2 Å². The maximum atomic E-state index is 5.75. The molecule has 0 atom stereocenters. The van der Waals surface area contributed by atoms with Gasteiger partial charge in [-0.15, -0.1) is 0 Å². The zero-order valence-electron chi connectivity index (χ0n) is 10.6. The molecule has 0 aliphatic carbocycles. The lowest BCUT2D eigenvalue weighted by Crippen LogP contribution is -1.98. The number of nitrogen functional groups attached to an aromatic ring is 1. The maximum Gasteiger partial charge on any atom is 0.229 e. The predicted octanol–water partition coefficient (Wildman–Crippen LogP) is 2.48. The lowest BCUT2D eigenvalue weighted by Gasteiger charge is -2.11. The fourth-order valence-corrected chi connectivity index (χ4v) is 1.62. The first-order chi connectivity index (χ1) is 8.61. The lowest BCUT2D eigenvalue weighted by atomic mass is 10.2. The molecule has 0 spiro atoms. The normalized spacial score (nSPS) is 10.2. The van der Waals surface area contributed by atoms with Gasteiger partial charge in [0.15, 0.2) is 0 Å². The summed E-state index contributed by atoms with van der Waals surface area (Å²) in [6.07, 6.45) is 1.41. The Morgan fingerprint density at radius 3 is 2.50 bits per heavy atom. The zero-order valence-corrected chi connectivity index (χ0v) is 10.6. The van der Waals surface area contributed by atoms with Crippen LogP contribution in [-0.2, 0) is 0 Å². The highest BCUT2D eigenvalue weighted by atomic mass is 16.5. The van der Waals surface area contributed by atoms with Crippen LogP contribution in [0.5, 0.6) is 17.5 Å². The molecule has 0 aliphatic rings. The summed E-state index contributed by atoms with van der Waals surface area (Å²) in [7, 11) is 1.56. The Labute approximate surface area is 106 Å². The summed E-state index contributed by atoms with van der Waals surface area (Å²) < 4.78 is 10.9. The van der Waals surface area contributed by atoms with Crippen LogP contribution in [-0.4, -0.2) is 17.1 Å². The lowest BCUT2D eigenvalue weighted by molar-refractivity contribution is 0.382. The van der Waals surface area contributed by atoms with Crippen LogP contribution in [0.2, 0.25) is 0 Å². The van der Waals surface area contributed by atoms with Gasteiger partial charge in [0.25, 0.3) is 0 Å². The van der Waals surface area contributed by atoms with Crippen molar-refractivity contribution in [2.75, 3.05) is 12.8 Å². The molecule has 0 saturated heterocycles. The molecule has 0 unspecified atom stereocenters. The Bertz CT molecular complexity index is 570. The van der Waals surface area contributed by atoms with Gasteiger partial charge in [-0.25, -0.2) is 9.97 Å². The van der Waals surface area contributed by atoms with Crippen molar-refractivity contribution in [2.45, 2.75) is 13.8 Å². The van der Waals surface area contributed by atoms with Crippen molar-refractivity contribution in [1.82, 2.24) is 9.97 Å². The predicted molar refractivity (Wildman–Crippen MR) is 69.0 cm³/mol. The fourth-order valence-electron chi connectivity index (χ4n) is 1.62. The van der Waals surface area contributed by atoms with Crippen molar-refractivity contribution in [1.29, 1.82) is 0 Å². The Hall–Kier alpha value is -2.30. The van der Waals surface area contributed by atoms with E-state index in [1.807, 2.05) is 26.0 Å². The SMILES string of the molecule is COc1ncnc(Oc2ccc(N)cc2C)c1C. The van der Waals surface area contributed by atoms with Crippen LogP contribution in [0.25, 0.3) is 0 Å². The molecule has 2 N–H and O–H groups in total. The standard InChI is InChI=1S/C13H15N3O2/c1-8-6-10(14)4-5-11(8)18-13-9(2)12(17-3)15-7-16-13/h4-7H,14H2,1-3H3. The van der Waals surface area contributed by atoms with Gasteiger partial charge in [-0.3, -0.25) is 0 Å². The molecule has 1 aromatic heterocycles. The van der Waals surface area contributed by atoms with E-state index in [0.29, 0.717) is 23.2 Å². The number of anilines is 1. The topological polar surface area (TPSA) is 70.3 Å². The number of nitrogens with zero attached hydrogens (tertiary/aromatic N) is 2. The van der Waals surface area contributed by atoms with Crippen LogP contribution in [0.15, 0.2) is 24.5 Å². The molecule has 5 nitrogen and oxygen atoms in total. The second-order valence-corrected chi connectivity index (χ2v) is 3.94. The van der Waals surface area contributed by atoms with E-state index in [2.05, 4.69) is 9.97 Å². The first kappa shape index (κ1) is 12.2. The van der Waals surface area contributed by atoms with Crippen LogP contribution in [0, 0.1) is 13.8 Å². The van der Waals surface area contributed by atoms with Crippen LogP contribution in [0.4, 0.5) is 5.69 Å². The summed E-state index contributed by atoms with van der Waals surface area (Å²) in [5.41, 5.74) is 8.11. The number of methoxy groups -OCH3 is 1. The second kappa shape index (κ2) is 4.91. The first-order valence-electron chi connectivity index (χ1n) is 5.51.